The van der Waals surface area contributed by atoms with E-state index in [4.69, 9.17) is 9.84 Å². The molecule has 0 radical (unpaired) electrons. The van der Waals surface area contributed by atoms with E-state index in [0.29, 0.717) is 28.3 Å². The van der Waals surface area contributed by atoms with Gasteiger partial charge in [-0.15, -0.1) is 0 Å². The molecule has 132 valence electrons. The Bertz CT molecular complexity index is 914. The maximum absolute atomic E-state index is 12.8. The van der Waals surface area contributed by atoms with Crippen LogP contribution < -0.4 is 9.75 Å². The summed E-state index contributed by atoms with van der Waals surface area (Å²) >= 11 is 0. The number of hydrogen-bond donors (Lipinski definition) is 1. The first-order chi connectivity index (χ1) is 12.5. The molecule has 1 N–H and O–H groups in total. The summed E-state index contributed by atoms with van der Waals surface area (Å²) in [6.45, 7) is 3.29. The highest BCUT2D eigenvalue weighted by Crippen LogP contribution is 2.27. The van der Waals surface area contributed by atoms with Gasteiger partial charge in [0.2, 0.25) is 0 Å². The standard InChI is InChI=1S/C20H18N2O4/c1-13-7-9-16(10-8-13)22-20(25)17(14(2)21-22)11-15-5-3-4-6-18(15)26-12-19(23)24/h3-11H,12H2,1-2H3,(H,23,24)/b17-11+. The third-order valence-corrected chi connectivity index (χ3v) is 3.91. The van der Waals surface area contributed by atoms with Crippen molar-refractivity contribution in [3.8, 4) is 5.75 Å². The molecule has 0 aromatic heterocycles. The Kier molecular flexibility index (Phi) is 4.84. The van der Waals surface area contributed by atoms with Crippen molar-refractivity contribution in [2.75, 3.05) is 11.6 Å². The molecule has 6 heteroatoms. The molecule has 1 aliphatic rings. The summed E-state index contributed by atoms with van der Waals surface area (Å²) < 4.78 is 5.30. The van der Waals surface area contributed by atoms with Crippen molar-refractivity contribution >= 4 is 29.4 Å². The van der Waals surface area contributed by atoms with Gasteiger partial charge in [0.05, 0.1) is 17.0 Å². The van der Waals surface area contributed by atoms with Crippen LogP contribution in [0.15, 0.2) is 59.2 Å². The number of carbonyl (C=O) groups excluding carboxylic acids is 1. The Hall–Kier alpha value is -3.41. The number of benzene rings is 2. The number of anilines is 1. The number of carboxylic acid groups (broad SMARTS) is 1. The topological polar surface area (TPSA) is 79.2 Å². The lowest BCUT2D eigenvalue weighted by molar-refractivity contribution is -0.139. The van der Waals surface area contributed by atoms with Crippen molar-refractivity contribution in [3.05, 3.63) is 65.2 Å². The van der Waals surface area contributed by atoms with Crippen LogP contribution in [0.2, 0.25) is 0 Å². The average molecular weight is 350 g/mol. The molecule has 1 aliphatic heterocycles. The second-order valence-corrected chi connectivity index (χ2v) is 5.92. The lowest BCUT2D eigenvalue weighted by atomic mass is 10.1. The first kappa shape index (κ1) is 17.4. The van der Waals surface area contributed by atoms with Crippen molar-refractivity contribution in [2.24, 2.45) is 5.10 Å². The molecule has 2 aromatic carbocycles. The summed E-state index contributed by atoms with van der Waals surface area (Å²) in [6.07, 6.45) is 1.67. The van der Waals surface area contributed by atoms with Crippen LogP contribution >= 0.6 is 0 Å². The minimum Gasteiger partial charge on any atom is -0.481 e. The Morgan fingerprint density at radius 1 is 1.15 bits per heavy atom. The number of nitrogens with zero attached hydrogens (tertiary/aromatic N) is 2. The summed E-state index contributed by atoms with van der Waals surface area (Å²) in [4.78, 5) is 23.5. The Labute approximate surface area is 151 Å². The van der Waals surface area contributed by atoms with Crippen molar-refractivity contribution < 1.29 is 19.4 Å². The van der Waals surface area contributed by atoms with Gasteiger partial charge < -0.3 is 9.84 Å². The quantitative estimate of drug-likeness (QED) is 0.840. The number of hydrogen-bond acceptors (Lipinski definition) is 4. The van der Waals surface area contributed by atoms with E-state index in [2.05, 4.69) is 5.10 Å². The van der Waals surface area contributed by atoms with Crippen molar-refractivity contribution in [1.29, 1.82) is 0 Å². The maximum atomic E-state index is 12.8. The number of para-hydroxylation sites is 1. The van der Waals surface area contributed by atoms with E-state index in [1.807, 2.05) is 31.2 Å². The molecule has 26 heavy (non-hydrogen) atoms. The van der Waals surface area contributed by atoms with E-state index in [-0.39, 0.29) is 5.91 Å². The van der Waals surface area contributed by atoms with Gasteiger partial charge in [-0.2, -0.15) is 10.1 Å². The van der Waals surface area contributed by atoms with Crippen LogP contribution in [-0.2, 0) is 9.59 Å². The number of rotatable bonds is 5. The maximum Gasteiger partial charge on any atom is 0.341 e. The predicted molar refractivity (Wildman–Crippen MR) is 99.3 cm³/mol. The van der Waals surface area contributed by atoms with Crippen molar-refractivity contribution in [3.63, 3.8) is 0 Å². The van der Waals surface area contributed by atoms with Gasteiger partial charge in [-0.1, -0.05) is 35.9 Å². The Morgan fingerprint density at radius 3 is 2.54 bits per heavy atom. The number of aliphatic carboxylic acids is 1. The zero-order valence-electron chi connectivity index (χ0n) is 14.5. The third-order valence-electron chi connectivity index (χ3n) is 3.91. The lowest BCUT2D eigenvalue weighted by Gasteiger charge is -2.12. The van der Waals surface area contributed by atoms with Gasteiger partial charge in [-0.3, -0.25) is 4.79 Å². The smallest absolute Gasteiger partial charge is 0.341 e. The van der Waals surface area contributed by atoms with Crippen LogP contribution in [0.3, 0.4) is 0 Å². The highest BCUT2D eigenvalue weighted by atomic mass is 16.5. The van der Waals surface area contributed by atoms with Crippen LogP contribution in [0, 0.1) is 6.92 Å². The van der Waals surface area contributed by atoms with Crippen molar-refractivity contribution in [1.82, 2.24) is 0 Å². The molecular weight excluding hydrogens is 332 g/mol. The number of carboxylic acids is 1. The van der Waals surface area contributed by atoms with Crippen LogP contribution in [0.25, 0.3) is 6.08 Å². The third kappa shape index (κ3) is 3.64. The highest BCUT2D eigenvalue weighted by molar-refractivity contribution is 6.32. The zero-order valence-corrected chi connectivity index (χ0v) is 14.5. The van der Waals surface area contributed by atoms with Crippen molar-refractivity contribution in [2.45, 2.75) is 13.8 Å². The Balaban J connectivity index is 1.91. The molecule has 0 aliphatic carbocycles. The largest absolute Gasteiger partial charge is 0.481 e. The molecule has 0 unspecified atom stereocenters. The minimum atomic E-state index is -1.06. The van der Waals surface area contributed by atoms with Crippen LogP contribution in [0.5, 0.6) is 5.75 Å². The van der Waals surface area contributed by atoms with Gasteiger partial charge in [-0.05, 0) is 38.1 Å². The van der Waals surface area contributed by atoms with Gasteiger partial charge in [0.1, 0.15) is 5.75 Å². The number of aryl methyl sites for hydroxylation is 1. The molecule has 1 heterocycles. The molecule has 6 nitrogen and oxygen atoms in total. The summed E-state index contributed by atoms with van der Waals surface area (Å²) in [6, 6.07) is 14.5. The Morgan fingerprint density at radius 2 is 1.85 bits per heavy atom. The molecule has 0 saturated heterocycles. The van der Waals surface area contributed by atoms with E-state index < -0.39 is 12.6 Å². The molecular formula is C20H18N2O4. The fourth-order valence-electron chi connectivity index (χ4n) is 2.57. The van der Waals surface area contributed by atoms with E-state index in [0.717, 1.165) is 5.56 Å². The van der Waals surface area contributed by atoms with Gasteiger partial charge >= 0.3 is 5.97 Å². The first-order valence-corrected chi connectivity index (χ1v) is 8.08. The molecule has 0 saturated carbocycles. The van der Waals surface area contributed by atoms with Crippen LogP contribution in [0.4, 0.5) is 5.69 Å². The monoisotopic (exact) mass is 350 g/mol. The van der Waals surface area contributed by atoms with Gasteiger partial charge in [0, 0.05) is 5.56 Å². The van der Waals surface area contributed by atoms with Gasteiger partial charge in [-0.25, -0.2) is 4.79 Å². The summed E-state index contributed by atoms with van der Waals surface area (Å²) in [5.41, 5.74) is 3.44. The fourth-order valence-corrected chi connectivity index (χ4v) is 2.57. The first-order valence-electron chi connectivity index (χ1n) is 8.08. The van der Waals surface area contributed by atoms with E-state index >= 15 is 0 Å². The number of carbonyl (C=O) groups is 2. The molecule has 0 atom stereocenters. The normalized spacial score (nSPS) is 15.3. The second-order valence-electron chi connectivity index (χ2n) is 5.92. The molecule has 0 spiro atoms. The van der Waals surface area contributed by atoms with E-state index in [9.17, 15) is 9.59 Å². The van der Waals surface area contributed by atoms with Crippen LogP contribution in [-0.4, -0.2) is 29.3 Å². The van der Waals surface area contributed by atoms with Crippen LogP contribution in [0.1, 0.15) is 18.1 Å². The predicted octanol–water partition coefficient (Wildman–Crippen LogP) is 3.26. The summed E-state index contributed by atoms with van der Waals surface area (Å²) in [7, 11) is 0. The number of ether oxygens (including phenoxy) is 1. The summed E-state index contributed by atoms with van der Waals surface area (Å²) in [5, 5.41) is 14.5. The van der Waals surface area contributed by atoms with E-state index in [1.54, 1.807) is 37.3 Å². The SMILES string of the molecule is CC1=NN(c2ccc(C)cc2)C(=O)/C1=C/c1ccccc1OCC(=O)O. The second kappa shape index (κ2) is 7.23. The molecule has 2 aromatic rings. The van der Waals surface area contributed by atoms with Gasteiger partial charge in [0.25, 0.3) is 5.91 Å². The van der Waals surface area contributed by atoms with E-state index in [1.165, 1.54) is 5.01 Å². The number of amides is 1. The summed E-state index contributed by atoms with van der Waals surface area (Å²) in [5.74, 6) is -0.899. The average Bonchev–Trinajstić information content (AvgIpc) is 2.90. The molecule has 0 bridgehead atoms. The highest BCUT2D eigenvalue weighted by Gasteiger charge is 2.28. The fraction of sp³-hybridized carbons (Fsp3) is 0.150. The number of hydrazone groups is 1. The molecule has 1 amide bonds. The zero-order chi connectivity index (χ0) is 18.7. The molecule has 0 fully saturated rings. The lowest BCUT2D eigenvalue weighted by Crippen LogP contribution is -2.21. The van der Waals surface area contributed by atoms with Gasteiger partial charge in [0.15, 0.2) is 6.61 Å². The molecule has 3 rings (SSSR count). The minimum absolute atomic E-state index is 0.237.